The van der Waals surface area contributed by atoms with Crippen LogP contribution in [0.2, 0.25) is 0 Å². The van der Waals surface area contributed by atoms with Crippen LogP contribution >= 0.6 is 0 Å². The van der Waals surface area contributed by atoms with Crippen LogP contribution in [-0.4, -0.2) is 67.4 Å². The van der Waals surface area contributed by atoms with E-state index in [-0.39, 0.29) is 36.2 Å². The summed E-state index contributed by atoms with van der Waals surface area (Å²) in [7, 11) is 1.33. The number of hydrogen-bond donors (Lipinski definition) is 1. The summed E-state index contributed by atoms with van der Waals surface area (Å²) in [6.07, 6.45) is -0.161. The van der Waals surface area contributed by atoms with Gasteiger partial charge < -0.3 is 29.0 Å². The minimum Gasteiger partial charge on any atom is -0.493 e. The van der Waals surface area contributed by atoms with Crippen molar-refractivity contribution in [1.82, 2.24) is 10.3 Å². The first kappa shape index (κ1) is 30.5. The molecular formula is C28H33FN2O9. The van der Waals surface area contributed by atoms with Gasteiger partial charge in [-0.15, -0.1) is 0 Å². The van der Waals surface area contributed by atoms with Crippen molar-refractivity contribution in [2.24, 2.45) is 11.8 Å². The Morgan fingerprint density at radius 3 is 2.48 bits per heavy atom. The van der Waals surface area contributed by atoms with Crippen LogP contribution in [0.5, 0.6) is 11.5 Å². The molecule has 4 unspecified atom stereocenters. The highest BCUT2D eigenvalue weighted by Gasteiger charge is 2.38. The second-order valence-electron chi connectivity index (χ2n) is 9.64. The Balaban J connectivity index is 1.85. The van der Waals surface area contributed by atoms with E-state index < -0.39 is 53.9 Å². The lowest BCUT2D eigenvalue weighted by atomic mass is 9.91. The van der Waals surface area contributed by atoms with Crippen LogP contribution in [0.1, 0.15) is 43.7 Å². The number of cyclic esters (lactones) is 1. The van der Waals surface area contributed by atoms with E-state index in [1.54, 1.807) is 32.9 Å². The zero-order valence-corrected chi connectivity index (χ0v) is 23.0. The molecule has 1 aliphatic heterocycles. The second kappa shape index (κ2) is 13.8. The molecule has 2 aromatic rings. The van der Waals surface area contributed by atoms with Gasteiger partial charge in [0.2, 0.25) is 5.75 Å². The van der Waals surface area contributed by atoms with E-state index in [9.17, 15) is 23.6 Å². The summed E-state index contributed by atoms with van der Waals surface area (Å²) in [5, 5.41) is 2.51. The molecule has 0 radical (unpaired) electrons. The quantitative estimate of drug-likeness (QED) is 0.479. The van der Waals surface area contributed by atoms with E-state index in [1.807, 2.05) is 0 Å². The maximum absolute atomic E-state index is 13.5. The molecule has 1 amide bonds. The lowest BCUT2D eigenvalue weighted by molar-refractivity contribution is -0.173. The standard InChI is InChI=1S/C28H33FN2O9/c1-15(2)27(34)40-24-16(3)38-28(35)21(14-37-13-19(24)12-18-6-8-20(29)9-7-18)31-26(33)23-25(39-17(4)32)22(36-5)10-11-30-23/h6-11,15-16,19,21,24H,12-14H2,1-5H3,(H,31,33). The van der Waals surface area contributed by atoms with Crippen molar-refractivity contribution < 1.29 is 47.3 Å². The number of amides is 1. The number of rotatable bonds is 8. The maximum atomic E-state index is 13.5. The van der Waals surface area contributed by atoms with Crippen molar-refractivity contribution in [2.45, 2.75) is 52.4 Å². The number of aromatic nitrogens is 1. The van der Waals surface area contributed by atoms with Crippen molar-refractivity contribution in [3.8, 4) is 11.5 Å². The van der Waals surface area contributed by atoms with Crippen molar-refractivity contribution >= 4 is 23.8 Å². The fourth-order valence-electron chi connectivity index (χ4n) is 4.10. The van der Waals surface area contributed by atoms with Gasteiger partial charge in [0.1, 0.15) is 18.0 Å². The number of carbonyl (C=O) groups is 4. The molecule has 0 aliphatic carbocycles. The highest BCUT2D eigenvalue weighted by atomic mass is 19.1. The Bertz CT molecular complexity index is 1220. The number of ether oxygens (including phenoxy) is 5. The fraction of sp³-hybridized carbons (Fsp3) is 0.464. The second-order valence-corrected chi connectivity index (χ2v) is 9.64. The molecule has 1 aromatic heterocycles. The molecule has 12 heteroatoms. The third-order valence-corrected chi connectivity index (χ3v) is 6.12. The maximum Gasteiger partial charge on any atom is 0.331 e. The fourth-order valence-corrected chi connectivity index (χ4v) is 4.10. The van der Waals surface area contributed by atoms with Crippen LogP contribution in [0.25, 0.3) is 0 Å². The van der Waals surface area contributed by atoms with Gasteiger partial charge in [-0.25, -0.2) is 14.2 Å². The smallest absolute Gasteiger partial charge is 0.331 e. The van der Waals surface area contributed by atoms with Gasteiger partial charge in [0.05, 0.1) is 26.2 Å². The summed E-state index contributed by atoms with van der Waals surface area (Å²) in [4.78, 5) is 54.4. The topological polar surface area (TPSA) is 139 Å². The third-order valence-electron chi connectivity index (χ3n) is 6.12. The van der Waals surface area contributed by atoms with Gasteiger partial charge in [-0.1, -0.05) is 26.0 Å². The van der Waals surface area contributed by atoms with Gasteiger partial charge in [0, 0.05) is 25.1 Å². The minimum absolute atomic E-state index is 0.0386. The summed E-state index contributed by atoms with van der Waals surface area (Å²) < 4.78 is 41.0. The molecule has 216 valence electrons. The lowest BCUT2D eigenvalue weighted by Crippen LogP contribution is -2.47. The molecule has 1 saturated heterocycles. The molecule has 40 heavy (non-hydrogen) atoms. The third kappa shape index (κ3) is 7.98. The largest absolute Gasteiger partial charge is 0.493 e. The number of hydrogen-bond acceptors (Lipinski definition) is 10. The number of nitrogens with zero attached hydrogens (tertiary/aromatic N) is 1. The molecule has 1 N–H and O–H groups in total. The Morgan fingerprint density at radius 1 is 1.15 bits per heavy atom. The number of benzene rings is 1. The summed E-state index contributed by atoms with van der Waals surface area (Å²) in [6.45, 7) is 5.87. The van der Waals surface area contributed by atoms with Crippen LogP contribution in [0.15, 0.2) is 36.5 Å². The molecule has 11 nitrogen and oxygen atoms in total. The van der Waals surface area contributed by atoms with Crippen LogP contribution in [0.3, 0.4) is 0 Å². The number of methoxy groups -OCH3 is 1. The van der Waals surface area contributed by atoms with Crippen LogP contribution < -0.4 is 14.8 Å². The first-order valence-corrected chi connectivity index (χ1v) is 12.8. The molecule has 0 spiro atoms. The van der Waals surface area contributed by atoms with Gasteiger partial charge in [-0.3, -0.25) is 14.4 Å². The molecule has 4 atom stereocenters. The van der Waals surface area contributed by atoms with Gasteiger partial charge in [0.25, 0.3) is 5.91 Å². The average Bonchev–Trinajstić information content (AvgIpc) is 2.95. The van der Waals surface area contributed by atoms with E-state index in [2.05, 4.69) is 10.3 Å². The van der Waals surface area contributed by atoms with Gasteiger partial charge in [0.15, 0.2) is 17.5 Å². The number of esters is 3. The minimum atomic E-state index is -1.26. The highest BCUT2D eigenvalue weighted by Crippen LogP contribution is 2.30. The van der Waals surface area contributed by atoms with Gasteiger partial charge >= 0.3 is 17.9 Å². The van der Waals surface area contributed by atoms with Gasteiger partial charge in [-0.05, 0) is 31.0 Å². The summed E-state index contributed by atoms with van der Waals surface area (Å²) in [6, 6.07) is 6.03. The first-order valence-electron chi connectivity index (χ1n) is 12.8. The molecule has 1 aliphatic rings. The SMILES string of the molecule is COc1ccnc(C(=O)NC2COCC(Cc3ccc(F)cc3)C(OC(=O)C(C)C)C(C)OC2=O)c1OC(C)=O. The van der Waals surface area contributed by atoms with Crippen molar-refractivity contribution in [3.63, 3.8) is 0 Å². The Labute approximate surface area is 231 Å². The number of carbonyl (C=O) groups excluding carboxylic acids is 4. The van der Waals surface area contributed by atoms with E-state index in [4.69, 9.17) is 23.7 Å². The van der Waals surface area contributed by atoms with Crippen LogP contribution in [-0.2, 0) is 35.0 Å². The van der Waals surface area contributed by atoms with Crippen LogP contribution in [0.4, 0.5) is 4.39 Å². The summed E-state index contributed by atoms with van der Waals surface area (Å²) in [5.74, 6) is -4.24. The average molecular weight is 561 g/mol. The Morgan fingerprint density at radius 2 is 1.85 bits per heavy atom. The van der Waals surface area contributed by atoms with Crippen molar-refractivity contribution in [3.05, 3.63) is 53.6 Å². The predicted octanol–water partition coefficient (Wildman–Crippen LogP) is 2.64. The lowest BCUT2D eigenvalue weighted by Gasteiger charge is -2.31. The van der Waals surface area contributed by atoms with Crippen molar-refractivity contribution in [1.29, 1.82) is 0 Å². The number of nitrogens with one attached hydrogen (secondary N) is 1. The van der Waals surface area contributed by atoms with Crippen LogP contribution in [0, 0.1) is 17.7 Å². The zero-order valence-electron chi connectivity index (χ0n) is 23.0. The molecular weight excluding hydrogens is 527 g/mol. The first-order chi connectivity index (χ1) is 19.0. The predicted molar refractivity (Wildman–Crippen MR) is 138 cm³/mol. The van der Waals surface area contributed by atoms with E-state index >= 15 is 0 Å². The zero-order chi connectivity index (χ0) is 29.4. The Hall–Kier alpha value is -4.06. The summed E-state index contributed by atoms with van der Waals surface area (Å²) in [5.41, 5.74) is 0.485. The number of halogens is 1. The van der Waals surface area contributed by atoms with Crippen molar-refractivity contribution in [2.75, 3.05) is 20.3 Å². The van der Waals surface area contributed by atoms with E-state index in [1.165, 1.54) is 31.5 Å². The molecule has 3 rings (SSSR count). The molecule has 2 heterocycles. The Kier molecular flexibility index (Phi) is 10.5. The normalized spacial score (nSPS) is 21.3. The van der Waals surface area contributed by atoms with E-state index in [0.717, 1.165) is 12.5 Å². The van der Waals surface area contributed by atoms with E-state index in [0.29, 0.717) is 6.42 Å². The molecule has 1 aromatic carbocycles. The molecule has 0 bridgehead atoms. The number of pyridine rings is 1. The molecule has 1 fully saturated rings. The highest BCUT2D eigenvalue weighted by molar-refractivity contribution is 5.98. The summed E-state index contributed by atoms with van der Waals surface area (Å²) >= 11 is 0. The molecule has 0 saturated carbocycles. The van der Waals surface area contributed by atoms with Gasteiger partial charge in [-0.2, -0.15) is 0 Å². The monoisotopic (exact) mass is 560 g/mol.